The predicted molar refractivity (Wildman–Crippen MR) is 163 cm³/mol. The summed E-state index contributed by atoms with van der Waals surface area (Å²) in [4.78, 5) is 52.0. The summed E-state index contributed by atoms with van der Waals surface area (Å²) in [6, 6.07) is 5.04. The number of allylic oxidation sites excluding steroid dienone is 4. The lowest BCUT2D eigenvalue weighted by Crippen LogP contribution is -2.16. The van der Waals surface area contributed by atoms with Crippen LogP contribution in [0.1, 0.15) is 61.0 Å². The van der Waals surface area contributed by atoms with Gasteiger partial charge < -0.3 is 0 Å². The van der Waals surface area contributed by atoms with Crippen molar-refractivity contribution in [1.82, 2.24) is 0 Å². The second-order valence-corrected chi connectivity index (χ2v) is 14.4. The second-order valence-electron chi connectivity index (χ2n) is 11.2. The van der Waals surface area contributed by atoms with Gasteiger partial charge in [-0.2, -0.15) is 0 Å². The molecule has 0 N–H and O–H groups in total. The van der Waals surface area contributed by atoms with Crippen LogP contribution in [0.2, 0.25) is 0 Å². The van der Waals surface area contributed by atoms with Crippen molar-refractivity contribution in [2.75, 3.05) is 0 Å². The number of benzene rings is 2. The van der Waals surface area contributed by atoms with E-state index in [4.69, 9.17) is 0 Å². The normalized spacial score (nSPS) is 18.8. The molecule has 216 valence electrons. The first-order valence-electron chi connectivity index (χ1n) is 13.2. The third-order valence-electron chi connectivity index (χ3n) is 8.29. The molecule has 0 aliphatic heterocycles. The van der Waals surface area contributed by atoms with E-state index in [0.29, 0.717) is 17.0 Å². The number of fused-ring (bicyclic) bond motifs is 7. The Kier molecular flexibility index (Phi) is 5.49. The first kappa shape index (κ1) is 27.2. The van der Waals surface area contributed by atoms with E-state index in [9.17, 15) is 36.7 Å². The van der Waals surface area contributed by atoms with E-state index in [1.807, 2.05) is 26.0 Å². The van der Waals surface area contributed by atoms with Crippen LogP contribution in [-0.2, 0) is 15.0 Å². The molecule has 3 aliphatic carbocycles. The van der Waals surface area contributed by atoms with E-state index in [1.54, 1.807) is 6.08 Å². The Balaban J connectivity index is 1.21. The lowest BCUT2D eigenvalue weighted by Gasteiger charge is -2.22. The van der Waals surface area contributed by atoms with E-state index < -0.39 is 62.9 Å². The van der Waals surface area contributed by atoms with Crippen LogP contribution in [0.4, 0.5) is 17.6 Å². The summed E-state index contributed by atoms with van der Waals surface area (Å²) in [7, 11) is 0. The molecule has 0 amide bonds. The smallest absolute Gasteiger partial charge is 0.237 e. The maximum atomic E-state index is 14.4. The molecule has 3 aromatic heterocycles. The molecule has 4 nitrogen and oxygen atoms in total. The molecule has 0 atom stereocenters. The standard InChI is InChI=1S/C33H14F4O4S3/c1-33(2)11(3-17-15-5-12(34)7-19(36)23(15)28(40)26(17)38)4-21-25(33)31-32(43-21)30-22(44-31)10-14(42-30)9-18-16-6-13(35)8-20(37)24(16)29(41)27(18)39/h3-10H,1-2H3/b17-3-,18-9-. The van der Waals surface area contributed by atoms with Crippen molar-refractivity contribution < 1.29 is 36.7 Å². The first-order chi connectivity index (χ1) is 20.8. The monoisotopic (exact) mass is 646 g/mol. The summed E-state index contributed by atoms with van der Waals surface area (Å²) in [6.07, 6.45) is 4.95. The molecule has 0 bridgehead atoms. The number of rotatable bonds is 2. The van der Waals surface area contributed by atoms with Gasteiger partial charge in [0.1, 0.15) is 23.3 Å². The van der Waals surface area contributed by atoms with Gasteiger partial charge in [0.15, 0.2) is 0 Å². The van der Waals surface area contributed by atoms with E-state index in [1.165, 1.54) is 40.1 Å². The predicted octanol–water partition coefficient (Wildman–Crippen LogP) is 8.56. The molecule has 3 aliphatic rings. The van der Waals surface area contributed by atoms with Gasteiger partial charge in [-0.25, -0.2) is 17.6 Å². The summed E-state index contributed by atoms with van der Waals surface area (Å²) in [5, 5.41) is 0. The molecule has 44 heavy (non-hydrogen) atoms. The van der Waals surface area contributed by atoms with Crippen LogP contribution < -0.4 is 0 Å². The minimum atomic E-state index is -1.07. The zero-order valence-corrected chi connectivity index (χ0v) is 24.9. The molecule has 0 spiro atoms. The number of hydrogen-bond acceptors (Lipinski definition) is 7. The fourth-order valence-electron chi connectivity index (χ4n) is 6.20. The second kappa shape index (κ2) is 8.87. The fourth-order valence-corrected chi connectivity index (χ4v) is 10.7. The minimum Gasteiger partial charge on any atom is -0.285 e. The van der Waals surface area contributed by atoms with Crippen LogP contribution in [0.25, 0.3) is 42.1 Å². The number of thiophene rings is 3. The highest BCUT2D eigenvalue weighted by Gasteiger charge is 2.41. The zero-order valence-electron chi connectivity index (χ0n) is 22.5. The van der Waals surface area contributed by atoms with Crippen LogP contribution in [0.5, 0.6) is 0 Å². The van der Waals surface area contributed by atoms with Crippen molar-refractivity contribution >= 4 is 99.2 Å². The quantitative estimate of drug-likeness (QED) is 0.110. The van der Waals surface area contributed by atoms with Crippen LogP contribution in [0.3, 0.4) is 0 Å². The number of Topliss-reactive ketones (excluding diaryl/α,β-unsaturated/α-hetero) is 4. The van der Waals surface area contributed by atoms with E-state index >= 15 is 0 Å². The minimum absolute atomic E-state index is 0.0414. The molecule has 0 saturated heterocycles. The van der Waals surface area contributed by atoms with Gasteiger partial charge in [-0.15, -0.1) is 34.0 Å². The van der Waals surface area contributed by atoms with E-state index in [2.05, 4.69) is 0 Å². The molecular formula is C33H14F4O4S3. The molecule has 0 unspecified atom stereocenters. The van der Waals surface area contributed by atoms with Crippen LogP contribution >= 0.6 is 34.0 Å². The summed E-state index contributed by atoms with van der Waals surface area (Å²) in [5.41, 5.74) is 0.108. The number of carbonyl (C=O) groups excluding carboxylic acids is 4. The van der Waals surface area contributed by atoms with Crippen molar-refractivity contribution in [3.63, 3.8) is 0 Å². The van der Waals surface area contributed by atoms with Crippen molar-refractivity contribution in [3.8, 4) is 0 Å². The van der Waals surface area contributed by atoms with Crippen molar-refractivity contribution in [1.29, 1.82) is 0 Å². The van der Waals surface area contributed by atoms with Gasteiger partial charge in [0, 0.05) is 54.3 Å². The molecule has 0 fully saturated rings. The molecule has 0 saturated carbocycles. The maximum Gasteiger partial charge on any atom is 0.237 e. The van der Waals surface area contributed by atoms with Gasteiger partial charge in [0.2, 0.25) is 23.1 Å². The SMILES string of the molecule is CC1(C)C(/C=C2\C(=O)C(=O)c3c(F)cc(F)cc32)=Cc2sc3c(sc4cc(/C=C5\C(=O)C(=O)c6c(F)cc(F)cc65)sc43)c21. The summed E-state index contributed by atoms with van der Waals surface area (Å²) >= 11 is 4.45. The van der Waals surface area contributed by atoms with Crippen molar-refractivity contribution in [2.45, 2.75) is 19.3 Å². The lowest BCUT2D eigenvalue weighted by molar-refractivity contribution is -0.110. The van der Waals surface area contributed by atoms with Crippen LogP contribution in [0, 0.1) is 23.3 Å². The van der Waals surface area contributed by atoms with Gasteiger partial charge in [-0.1, -0.05) is 13.8 Å². The Labute approximate surface area is 257 Å². The lowest BCUT2D eigenvalue weighted by atomic mass is 9.81. The van der Waals surface area contributed by atoms with Gasteiger partial charge >= 0.3 is 0 Å². The Morgan fingerprint density at radius 2 is 1.20 bits per heavy atom. The maximum absolute atomic E-state index is 14.4. The van der Waals surface area contributed by atoms with E-state index in [0.717, 1.165) is 46.9 Å². The Morgan fingerprint density at radius 1 is 0.636 bits per heavy atom. The molecule has 2 aromatic carbocycles. The highest BCUT2D eigenvalue weighted by molar-refractivity contribution is 7.39. The average Bonchev–Trinajstić information content (AvgIpc) is 3.72. The molecule has 0 radical (unpaired) electrons. The first-order valence-corrected chi connectivity index (χ1v) is 15.6. The number of hydrogen-bond donors (Lipinski definition) is 0. The van der Waals surface area contributed by atoms with E-state index in [-0.39, 0.29) is 22.3 Å². The van der Waals surface area contributed by atoms with Gasteiger partial charge in [0.25, 0.3) is 0 Å². The summed E-state index contributed by atoms with van der Waals surface area (Å²) < 4.78 is 60.6. The summed E-state index contributed by atoms with van der Waals surface area (Å²) in [5.74, 6) is -7.65. The number of halogens is 4. The Hall–Kier alpha value is -4.32. The van der Waals surface area contributed by atoms with Crippen LogP contribution in [-0.4, -0.2) is 23.1 Å². The highest BCUT2D eigenvalue weighted by Crippen LogP contribution is 2.55. The number of ketones is 4. The summed E-state index contributed by atoms with van der Waals surface area (Å²) in [6.45, 7) is 3.95. The number of carbonyl (C=O) groups is 4. The van der Waals surface area contributed by atoms with Crippen LogP contribution in [0.15, 0.2) is 42.0 Å². The molecular weight excluding hydrogens is 633 g/mol. The van der Waals surface area contributed by atoms with Crippen molar-refractivity contribution in [3.05, 3.63) is 103 Å². The Morgan fingerprint density at radius 3 is 1.80 bits per heavy atom. The third kappa shape index (κ3) is 3.54. The average molecular weight is 647 g/mol. The van der Waals surface area contributed by atoms with Crippen molar-refractivity contribution in [2.24, 2.45) is 0 Å². The van der Waals surface area contributed by atoms with Gasteiger partial charge in [-0.05, 0) is 47.6 Å². The Bertz CT molecular complexity index is 2380. The molecule has 5 aromatic rings. The molecule has 8 rings (SSSR count). The molecule has 11 heteroatoms. The molecule has 3 heterocycles. The van der Waals surface area contributed by atoms with Gasteiger partial charge in [0.05, 0.1) is 25.2 Å². The largest absolute Gasteiger partial charge is 0.285 e. The third-order valence-corrected chi connectivity index (χ3v) is 12.1. The fraction of sp³-hybridized carbons (Fsp3) is 0.0909. The highest BCUT2D eigenvalue weighted by atomic mass is 32.1. The zero-order chi connectivity index (χ0) is 31.0. The van der Waals surface area contributed by atoms with Gasteiger partial charge in [-0.3, -0.25) is 19.2 Å². The topological polar surface area (TPSA) is 68.3 Å².